The van der Waals surface area contributed by atoms with Crippen LogP contribution in [0.4, 0.5) is 4.79 Å². The van der Waals surface area contributed by atoms with Gasteiger partial charge in [-0.05, 0) is 51.3 Å². The predicted octanol–water partition coefficient (Wildman–Crippen LogP) is 3.69. The second-order valence-corrected chi connectivity index (χ2v) is 8.85. The molecule has 31 heavy (non-hydrogen) atoms. The van der Waals surface area contributed by atoms with Crippen molar-refractivity contribution >= 4 is 23.7 Å². The Labute approximate surface area is 189 Å². The number of nitrogens with zero attached hydrogens (tertiary/aromatic N) is 3. The van der Waals surface area contributed by atoms with Crippen molar-refractivity contribution in [3.05, 3.63) is 34.9 Å². The number of aliphatic imine (C=N–C) groups is 1. The van der Waals surface area contributed by atoms with Crippen molar-refractivity contribution in [2.24, 2.45) is 10.9 Å². The van der Waals surface area contributed by atoms with Crippen LogP contribution in [-0.4, -0.2) is 55.8 Å². The average molecular weight is 450 g/mol. The normalized spacial score (nSPS) is 18.1. The largest absolute Gasteiger partial charge is 0.444 e. The molecule has 1 aliphatic heterocycles. The molecule has 1 unspecified atom stereocenters. The Morgan fingerprint density at radius 1 is 1.45 bits per heavy atom. The van der Waals surface area contributed by atoms with E-state index < -0.39 is 5.60 Å². The molecule has 1 heterocycles. The van der Waals surface area contributed by atoms with E-state index in [-0.39, 0.29) is 18.1 Å². The van der Waals surface area contributed by atoms with Gasteiger partial charge in [0.05, 0.1) is 12.7 Å². The second-order valence-electron chi connectivity index (χ2n) is 8.41. The third-order valence-corrected chi connectivity index (χ3v) is 5.04. The maximum absolute atomic E-state index is 12.6. The minimum absolute atomic E-state index is 0.108. The first-order chi connectivity index (χ1) is 14.7. The fraction of sp³-hybridized carbons (Fsp3) is 0.591. The van der Waals surface area contributed by atoms with E-state index in [9.17, 15) is 4.79 Å². The molecule has 2 atom stereocenters. The number of amides is 1. The van der Waals surface area contributed by atoms with Crippen molar-refractivity contribution in [3.8, 4) is 6.19 Å². The number of carbonyl (C=O) groups is 1. The lowest BCUT2D eigenvalue weighted by atomic mass is 9.88. The Bertz CT molecular complexity index is 803. The van der Waals surface area contributed by atoms with E-state index in [0.29, 0.717) is 37.2 Å². The molecule has 0 radical (unpaired) electrons. The lowest BCUT2D eigenvalue weighted by molar-refractivity contribution is -0.0240. The van der Waals surface area contributed by atoms with Crippen LogP contribution in [0.15, 0.2) is 29.3 Å². The topological polar surface area (TPSA) is 99.0 Å². The van der Waals surface area contributed by atoms with Crippen LogP contribution >= 0.6 is 11.6 Å². The summed E-state index contributed by atoms with van der Waals surface area (Å²) in [5.74, 6) is 0.496. The first-order valence-electron chi connectivity index (χ1n) is 10.4. The van der Waals surface area contributed by atoms with Crippen LogP contribution in [0.2, 0.25) is 5.02 Å². The van der Waals surface area contributed by atoms with E-state index in [4.69, 9.17) is 26.3 Å². The maximum atomic E-state index is 12.6. The highest BCUT2D eigenvalue weighted by Gasteiger charge is 2.33. The Kier molecular flexibility index (Phi) is 9.41. The van der Waals surface area contributed by atoms with Crippen molar-refractivity contribution in [2.45, 2.75) is 45.3 Å². The average Bonchev–Trinajstić information content (AvgIpc) is 2.71. The van der Waals surface area contributed by atoms with Crippen LogP contribution in [0.25, 0.3) is 0 Å². The highest BCUT2D eigenvalue weighted by molar-refractivity contribution is 6.30. The fourth-order valence-corrected chi connectivity index (χ4v) is 3.72. The van der Waals surface area contributed by atoms with Gasteiger partial charge < -0.3 is 19.7 Å². The van der Waals surface area contributed by atoms with Gasteiger partial charge in [-0.25, -0.2) is 4.79 Å². The van der Waals surface area contributed by atoms with Gasteiger partial charge in [-0.2, -0.15) is 5.26 Å². The number of piperidine rings is 1. The van der Waals surface area contributed by atoms with Crippen LogP contribution in [-0.2, 0) is 9.47 Å². The molecule has 2 N–H and O–H groups in total. The fourth-order valence-electron chi connectivity index (χ4n) is 3.52. The molecule has 0 aliphatic carbocycles. The Hall–Kier alpha value is -2.50. The number of hydrogen-bond donors (Lipinski definition) is 2. The van der Waals surface area contributed by atoms with Gasteiger partial charge in [0, 0.05) is 37.6 Å². The second kappa shape index (κ2) is 11.8. The summed E-state index contributed by atoms with van der Waals surface area (Å²) in [7, 11) is 1.59. The molecule has 1 amide bonds. The Balaban J connectivity index is 2.07. The Morgan fingerprint density at radius 3 is 2.87 bits per heavy atom. The van der Waals surface area contributed by atoms with Crippen molar-refractivity contribution in [3.63, 3.8) is 0 Å². The van der Waals surface area contributed by atoms with Crippen molar-refractivity contribution in [1.82, 2.24) is 15.5 Å². The third kappa shape index (κ3) is 8.27. The van der Waals surface area contributed by atoms with Gasteiger partial charge in [-0.1, -0.05) is 23.7 Å². The number of carbonyl (C=O) groups excluding carboxylic acids is 1. The minimum atomic E-state index is -0.533. The van der Waals surface area contributed by atoms with Crippen molar-refractivity contribution in [1.29, 1.82) is 5.26 Å². The summed E-state index contributed by atoms with van der Waals surface area (Å²) in [4.78, 5) is 18.3. The van der Waals surface area contributed by atoms with E-state index in [2.05, 4.69) is 15.6 Å². The highest BCUT2D eigenvalue weighted by Crippen LogP contribution is 2.34. The molecule has 1 aromatic rings. The quantitative estimate of drug-likeness (QED) is 0.226. The number of halogens is 1. The number of hydrogen-bond acceptors (Lipinski definition) is 5. The number of ether oxygens (including phenoxy) is 2. The predicted molar refractivity (Wildman–Crippen MR) is 121 cm³/mol. The van der Waals surface area contributed by atoms with E-state index in [0.717, 1.165) is 18.4 Å². The zero-order valence-electron chi connectivity index (χ0n) is 18.7. The summed E-state index contributed by atoms with van der Waals surface area (Å²) >= 11 is 6.23. The standard InChI is InChI=1S/C22H32ClN5O3/c1-22(2,3)31-21(29)28-11-6-8-17(14-28)19(16-7-5-9-18(23)13-16)30-12-10-26-20(25-4)27-15-24/h5,7,9,13,17,19H,6,8,10-12,14H2,1-4H3,(H2,25,26,27)/t17?,19-/m0/s1. The van der Waals surface area contributed by atoms with Gasteiger partial charge in [0.15, 0.2) is 6.19 Å². The number of likely N-dealkylation sites (tertiary alicyclic amines) is 1. The summed E-state index contributed by atoms with van der Waals surface area (Å²) in [6.07, 6.45) is 3.12. The molecule has 1 aliphatic rings. The first kappa shape index (κ1) is 24.8. The third-order valence-electron chi connectivity index (χ3n) is 4.80. The highest BCUT2D eigenvalue weighted by atomic mass is 35.5. The molecule has 2 rings (SSSR count). The number of benzene rings is 1. The number of nitrogens with one attached hydrogen (secondary N) is 2. The molecule has 0 aromatic heterocycles. The van der Waals surface area contributed by atoms with Gasteiger partial charge >= 0.3 is 6.09 Å². The number of rotatable bonds is 6. The van der Waals surface area contributed by atoms with Crippen LogP contribution in [0, 0.1) is 17.4 Å². The van der Waals surface area contributed by atoms with Crippen molar-refractivity contribution in [2.75, 3.05) is 33.3 Å². The molecule has 0 spiro atoms. The molecule has 170 valence electrons. The number of nitriles is 1. The smallest absolute Gasteiger partial charge is 0.410 e. The van der Waals surface area contributed by atoms with E-state index in [1.807, 2.05) is 51.2 Å². The summed E-state index contributed by atoms with van der Waals surface area (Å²) in [5, 5.41) is 14.9. The monoisotopic (exact) mass is 449 g/mol. The molecule has 0 saturated carbocycles. The molecule has 0 bridgehead atoms. The molecule has 1 fully saturated rings. The van der Waals surface area contributed by atoms with E-state index >= 15 is 0 Å². The zero-order chi connectivity index (χ0) is 22.9. The van der Waals surface area contributed by atoms with Crippen LogP contribution < -0.4 is 10.6 Å². The summed E-state index contributed by atoms with van der Waals surface area (Å²) in [6, 6.07) is 7.63. The molecule has 8 nitrogen and oxygen atoms in total. The van der Waals surface area contributed by atoms with Gasteiger partial charge in [-0.15, -0.1) is 0 Å². The molecular weight excluding hydrogens is 418 g/mol. The number of guanidine groups is 1. The molecule has 1 aromatic carbocycles. The lowest BCUT2D eigenvalue weighted by Crippen LogP contribution is -2.44. The van der Waals surface area contributed by atoms with Crippen molar-refractivity contribution < 1.29 is 14.3 Å². The summed E-state index contributed by atoms with van der Waals surface area (Å²) in [6.45, 7) is 7.69. The van der Waals surface area contributed by atoms with Gasteiger partial charge in [0.1, 0.15) is 5.60 Å². The van der Waals surface area contributed by atoms with Gasteiger partial charge in [-0.3, -0.25) is 10.3 Å². The lowest BCUT2D eigenvalue weighted by Gasteiger charge is -2.37. The molecule has 9 heteroatoms. The SMILES string of the molecule is CN=C(NC#N)NCCO[C@@H](c1cccc(Cl)c1)C1CCCN(C(=O)OC(C)(C)C)C1. The van der Waals surface area contributed by atoms with E-state index in [1.54, 1.807) is 11.9 Å². The summed E-state index contributed by atoms with van der Waals surface area (Å²) < 4.78 is 11.8. The molecular formula is C22H32ClN5O3. The summed E-state index contributed by atoms with van der Waals surface area (Å²) in [5.41, 5.74) is 0.442. The first-order valence-corrected chi connectivity index (χ1v) is 10.8. The molecule has 1 saturated heterocycles. The van der Waals surface area contributed by atoms with Gasteiger partial charge in [0.25, 0.3) is 0 Å². The van der Waals surface area contributed by atoms with Gasteiger partial charge in [0.2, 0.25) is 5.96 Å². The minimum Gasteiger partial charge on any atom is -0.444 e. The van der Waals surface area contributed by atoms with Crippen LogP contribution in [0.5, 0.6) is 0 Å². The van der Waals surface area contributed by atoms with E-state index in [1.165, 1.54) is 0 Å². The maximum Gasteiger partial charge on any atom is 0.410 e. The van der Waals surface area contributed by atoms with Crippen LogP contribution in [0.3, 0.4) is 0 Å². The zero-order valence-corrected chi connectivity index (χ0v) is 19.4. The Morgan fingerprint density at radius 2 is 2.23 bits per heavy atom. The van der Waals surface area contributed by atoms with Crippen LogP contribution in [0.1, 0.15) is 45.3 Å².